The number of amides is 1. The Morgan fingerprint density at radius 1 is 1.21 bits per heavy atom. The molecular weight excluding hydrogens is 420 g/mol. The largest absolute Gasteiger partial charge is 0.488 e. The van der Waals surface area contributed by atoms with Gasteiger partial charge in [-0.05, 0) is 49.7 Å². The second-order valence-electron chi connectivity index (χ2n) is 6.33. The van der Waals surface area contributed by atoms with Crippen molar-refractivity contribution < 1.29 is 9.53 Å². The molecule has 1 amide bonds. The molecule has 0 aliphatic heterocycles. The third-order valence-electron chi connectivity index (χ3n) is 4.02. The summed E-state index contributed by atoms with van der Waals surface area (Å²) in [7, 11) is 0. The number of carbonyl (C=O) groups excluding carboxylic acids is 1. The lowest BCUT2D eigenvalue weighted by Crippen LogP contribution is -2.24. The smallest absolute Gasteiger partial charge is 0.261 e. The fourth-order valence-electron chi connectivity index (χ4n) is 2.64. The van der Waals surface area contributed by atoms with Gasteiger partial charge in [0.1, 0.15) is 18.9 Å². The molecule has 7 heteroatoms. The van der Waals surface area contributed by atoms with Crippen LogP contribution < -0.4 is 10.2 Å². The second kappa shape index (κ2) is 9.32. The average Bonchev–Trinajstić information content (AvgIpc) is 2.99. The van der Waals surface area contributed by atoms with Gasteiger partial charge < -0.3 is 4.74 Å². The fraction of sp³-hybridized carbons (Fsp3) is 0.190. The van der Waals surface area contributed by atoms with Crippen LogP contribution in [0.5, 0.6) is 5.75 Å². The number of ether oxygens (including phenoxy) is 1. The number of halogens is 1. The van der Waals surface area contributed by atoms with Crippen molar-refractivity contribution in [3.63, 3.8) is 0 Å². The fourth-order valence-corrected chi connectivity index (χ4v) is 2.90. The summed E-state index contributed by atoms with van der Waals surface area (Å²) in [6.45, 7) is 4.38. The Morgan fingerprint density at radius 3 is 2.68 bits per heavy atom. The average molecular weight is 441 g/mol. The van der Waals surface area contributed by atoms with E-state index in [1.165, 1.54) is 0 Å². The minimum absolute atomic E-state index is 0.124. The summed E-state index contributed by atoms with van der Waals surface area (Å²) in [5.41, 5.74) is 6.19. The van der Waals surface area contributed by atoms with Crippen molar-refractivity contribution in [3.8, 4) is 5.75 Å². The Balaban J connectivity index is 1.58. The Bertz CT molecular complexity index is 980. The van der Waals surface area contributed by atoms with Crippen LogP contribution in [-0.2, 0) is 17.9 Å². The molecule has 28 heavy (non-hydrogen) atoms. The van der Waals surface area contributed by atoms with Crippen LogP contribution in [-0.4, -0.2) is 21.9 Å². The first-order valence-electron chi connectivity index (χ1n) is 8.80. The Morgan fingerprint density at radius 2 is 1.96 bits per heavy atom. The number of hydrazone groups is 1. The van der Waals surface area contributed by atoms with Crippen LogP contribution in [0.1, 0.15) is 22.5 Å². The van der Waals surface area contributed by atoms with Gasteiger partial charge in [0.15, 0.2) is 0 Å². The van der Waals surface area contributed by atoms with Crippen molar-refractivity contribution in [2.24, 2.45) is 5.10 Å². The second-order valence-corrected chi connectivity index (χ2v) is 7.25. The zero-order valence-electron chi connectivity index (χ0n) is 15.7. The first-order chi connectivity index (χ1) is 13.5. The summed E-state index contributed by atoms with van der Waals surface area (Å²) >= 11 is 3.42. The standard InChI is InChI=1S/C21H21BrN4O2/c1-15-11-16(2)26(25-15)13-21(27)24-23-12-18-5-3-4-6-20(18)28-14-17-7-9-19(22)10-8-17/h3-12H,13-14H2,1-2H3,(H,24,27). The summed E-state index contributed by atoms with van der Waals surface area (Å²) in [6, 6.07) is 17.4. The number of para-hydroxylation sites is 1. The molecule has 0 atom stereocenters. The van der Waals surface area contributed by atoms with Crippen molar-refractivity contribution in [3.05, 3.63) is 81.6 Å². The van der Waals surface area contributed by atoms with E-state index in [1.807, 2.05) is 68.4 Å². The molecule has 0 saturated carbocycles. The van der Waals surface area contributed by atoms with Gasteiger partial charge in [-0.2, -0.15) is 10.2 Å². The number of hydrogen-bond acceptors (Lipinski definition) is 4. The van der Waals surface area contributed by atoms with Gasteiger partial charge >= 0.3 is 0 Å². The van der Waals surface area contributed by atoms with Gasteiger partial charge in [0.25, 0.3) is 5.91 Å². The Labute approximate surface area is 172 Å². The molecule has 3 aromatic rings. The third-order valence-corrected chi connectivity index (χ3v) is 4.54. The highest BCUT2D eigenvalue weighted by Crippen LogP contribution is 2.18. The van der Waals surface area contributed by atoms with Crippen LogP contribution in [0, 0.1) is 13.8 Å². The van der Waals surface area contributed by atoms with E-state index in [0.29, 0.717) is 12.4 Å². The predicted molar refractivity (Wildman–Crippen MR) is 112 cm³/mol. The van der Waals surface area contributed by atoms with Crippen LogP contribution in [0.3, 0.4) is 0 Å². The highest BCUT2D eigenvalue weighted by Gasteiger charge is 2.06. The minimum Gasteiger partial charge on any atom is -0.488 e. The topological polar surface area (TPSA) is 68.5 Å². The molecule has 1 aromatic heterocycles. The molecule has 0 aliphatic rings. The minimum atomic E-state index is -0.240. The van der Waals surface area contributed by atoms with E-state index < -0.39 is 0 Å². The SMILES string of the molecule is Cc1cc(C)n(CC(=O)NN=Cc2ccccc2OCc2ccc(Br)cc2)n1. The number of benzene rings is 2. The number of nitrogens with one attached hydrogen (secondary N) is 1. The number of aromatic nitrogens is 2. The van der Waals surface area contributed by atoms with E-state index in [9.17, 15) is 4.79 Å². The van der Waals surface area contributed by atoms with E-state index in [1.54, 1.807) is 10.9 Å². The maximum atomic E-state index is 12.1. The predicted octanol–water partition coefficient (Wildman–Crippen LogP) is 3.99. The monoisotopic (exact) mass is 440 g/mol. The zero-order valence-corrected chi connectivity index (χ0v) is 17.3. The molecule has 0 saturated heterocycles. The maximum Gasteiger partial charge on any atom is 0.261 e. The van der Waals surface area contributed by atoms with Crippen LogP contribution in [0.25, 0.3) is 0 Å². The van der Waals surface area contributed by atoms with E-state index >= 15 is 0 Å². The van der Waals surface area contributed by atoms with Crippen molar-refractivity contribution in [2.75, 3.05) is 0 Å². The van der Waals surface area contributed by atoms with Crippen LogP contribution >= 0.6 is 15.9 Å². The van der Waals surface area contributed by atoms with Gasteiger partial charge in [-0.25, -0.2) is 5.43 Å². The molecule has 0 spiro atoms. The quantitative estimate of drug-likeness (QED) is 0.445. The molecule has 6 nitrogen and oxygen atoms in total. The lowest BCUT2D eigenvalue weighted by atomic mass is 10.2. The maximum absolute atomic E-state index is 12.1. The normalized spacial score (nSPS) is 11.0. The van der Waals surface area contributed by atoms with Crippen molar-refractivity contribution in [2.45, 2.75) is 27.0 Å². The van der Waals surface area contributed by atoms with Gasteiger partial charge in [0, 0.05) is 15.7 Å². The molecule has 1 N–H and O–H groups in total. The van der Waals surface area contributed by atoms with Crippen molar-refractivity contribution >= 4 is 28.1 Å². The van der Waals surface area contributed by atoms with Crippen LogP contribution in [0.4, 0.5) is 0 Å². The number of rotatable bonds is 7. The molecule has 1 heterocycles. The van der Waals surface area contributed by atoms with Crippen molar-refractivity contribution in [1.82, 2.24) is 15.2 Å². The first kappa shape index (κ1) is 19.8. The van der Waals surface area contributed by atoms with Gasteiger partial charge in [-0.3, -0.25) is 9.48 Å². The van der Waals surface area contributed by atoms with E-state index in [0.717, 1.165) is 27.0 Å². The molecule has 0 aliphatic carbocycles. The van der Waals surface area contributed by atoms with Gasteiger partial charge in [0.05, 0.1) is 11.9 Å². The molecule has 2 aromatic carbocycles. The highest BCUT2D eigenvalue weighted by atomic mass is 79.9. The molecule has 0 unspecified atom stereocenters. The molecule has 144 valence electrons. The van der Waals surface area contributed by atoms with E-state index in [-0.39, 0.29) is 12.5 Å². The molecule has 0 radical (unpaired) electrons. The van der Waals surface area contributed by atoms with E-state index in [2.05, 4.69) is 31.6 Å². The number of hydrogen-bond donors (Lipinski definition) is 1. The summed E-state index contributed by atoms with van der Waals surface area (Å²) in [5.74, 6) is 0.456. The summed E-state index contributed by atoms with van der Waals surface area (Å²) < 4.78 is 8.58. The summed E-state index contributed by atoms with van der Waals surface area (Å²) in [4.78, 5) is 12.1. The third kappa shape index (κ3) is 5.53. The lowest BCUT2D eigenvalue weighted by molar-refractivity contribution is -0.121. The Kier molecular flexibility index (Phi) is 6.60. The van der Waals surface area contributed by atoms with Gasteiger partial charge in [0.2, 0.25) is 0 Å². The first-order valence-corrected chi connectivity index (χ1v) is 9.60. The number of carbonyl (C=O) groups is 1. The molecule has 0 fully saturated rings. The zero-order chi connectivity index (χ0) is 19.9. The Hall–Kier alpha value is -2.93. The molecule has 0 bridgehead atoms. The molecular formula is C21H21BrN4O2. The molecule has 3 rings (SSSR count). The highest BCUT2D eigenvalue weighted by molar-refractivity contribution is 9.10. The van der Waals surface area contributed by atoms with E-state index in [4.69, 9.17) is 4.74 Å². The van der Waals surface area contributed by atoms with Crippen LogP contribution in [0.15, 0.2) is 64.2 Å². The number of nitrogens with zero attached hydrogens (tertiary/aromatic N) is 3. The number of aryl methyl sites for hydroxylation is 2. The summed E-state index contributed by atoms with van der Waals surface area (Å²) in [5, 5.41) is 8.32. The lowest BCUT2D eigenvalue weighted by Gasteiger charge is -2.09. The van der Waals surface area contributed by atoms with Gasteiger partial charge in [-0.15, -0.1) is 0 Å². The van der Waals surface area contributed by atoms with Crippen LogP contribution in [0.2, 0.25) is 0 Å². The van der Waals surface area contributed by atoms with Gasteiger partial charge in [-0.1, -0.05) is 40.2 Å². The summed E-state index contributed by atoms with van der Waals surface area (Å²) in [6.07, 6.45) is 1.58. The van der Waals surface area contributed by atoms with Crippen molar-refractivity contribution in [1.29, 1.82) is 0 Å².